The summed E-state index contributed by atoms with van der Waals surface area (Å²) < 4.78 is 0. The fourth-order valence-electron chi connectivity index (χ4n) is 2.96. The molecule has 4 amide bonds. The molecule has 3 rings (SSSR count). The Labute approximate surface area is 145 Å². The van der Waals surface area contributed by atoms with Crippen LogP contribution in [0.5, 0.6) is 0 Å². The topological polar surface area (TPSA) is 87.3 Å². The molecule has 0 saturated carbocycles. The molecule has 25 heavy (non-hydrogen) atoms. The highest BCUT2D eigenvalue weighted by Gasteiger charge is 2.47. The molecular weight excluding hydrogens is 318 g/mol. The van der Waals surface area contributed by atoms with Gasteiger partial charge in [-0.25, -0.2) is 4.79 Å². The number of para-hydroxylation sites is 1. The minimum absolute atomic E-state index is 0.0942. The van der Waals surface area contributed by atoms with E-state index in [0.717, 1.165) is 11.3 Å². The molecule has 1 saturated heterocycles. The molecule has 1 aliphatic heterocycles. The van der Waals surface area contributed by atoms with Crippen molar-refractivity contribution in [1.82, 2.24) is 10.6 Å². The number of hydrogen-bond acceptors (Lipinski definition) is 3. The van der Waals surface area contributed by atoms with Crippen LogP contribution in [-0.2, 0) is 15.1 Å². The first kappa shape index (κ1) is 16.7. The molecule has 2 aromatic rings. The number of carbonyl (C=O) groups is 3. The third-order valence-corrected chi connectivity index (χ3v) is 4.35. The Balaban J connectivity index is 1.76. The molecule has 2 aromatic carbocycles. The second kappa shape index (κ2) is 6.76. The zero-order valence-corrected chi connectivity index (χ0v) is 13.8. The quantitative estimate of drug-likeness (QED) is 0.732. The van der Waals surface area contributed by atoms with Crippen LogP contribution in [0.4, 0.5) is 10.5 Å². The van der Waals surface area contributed by atoms with E-state index in [0.29, 0.717) is 5.56 Å². The summed E-state index contributed by atoms with van der Waals surface area (Å²) in [6, 6.07) is 15.9. The van der Waals surface area contributed by atoms with Crippen molar-refractivity contribution in [2.24, 2.45) is 0 Å². The lowest BCUT2D eigenvalue weighted by molar-refractivity contribution is -0.125. The van der Waals surface area contributed by atoms with Gasteiger partial charge in [-0.1, -0.05) is 48.5 Å². The predicted molar refractivity (Wildman–Crippen MR) is 93.8 cm³/mol. The summed E-state index contributed by atoms with van der Waals surface area (Å²) in [5.41, 5.74) is 1.13. The van der Waals surface area contributed by atoms with Gasteiger partial charge < -0.3 is 10.6 Å². The van der Waals surface area contributed by atoms with Crippen molar-refractivity contribution in [3.63, 3.8) is 0 Å². The number of benzene rings is 2. The second-order valence-electron chi connectivity index (χ2n) is 6.04. The van der Waals surface area contributed by atoms with Gasteiger partial charge in [0.05, 0.1) is 0 Å². The number of imide groups is 1. The van der Waals surface area contributed by atoms with Crippen LogP contribution >= 0.6 is 0 Å². The van der Waals surface area contributed by atoms with Gasteiger partial charge in [-0.15, -0.1) is 0 Å². The molecule has 128 valence electrons. The lowest BCUT2D eigenvalue weighted by atomic mass is 9.85. The van der Waals surface area contributed by atoms with Crippen LogP contribution in [0.25, 0.3) is 0 Å². The Hall–Kier alpha value is -3.15. The van der Waals surface area contributed by atoms with Gasteiger partial charge in [-0.2, -0.15) is 0 Å². The van der Waals surface area contributed by atoms with Crippen LogP contribution in [0.1, 0.15) is 24.0 Å². The van der Waals surface area contributed by atoms with Crippen molar-refractivity contribution in [1.29, 1.82) is 0 Å². The van der Waals surface area contributed by atoms with E-state index in [1.807, 2.05) is 37.3 Å². The Morgan fingerprint density at radius 3 is 2.36 bits per heavy atom. The Morgan fingerprint density at radius 2 is 1.72 bits per heavy atom. The summed E-state index contributed by atoms with van der Waals surface area (Å²) in [5.74, 6) is -0.647. The summed E-state index contributed by atoms with van der Waals surface area (Å²) in [6.45, 7) is 1.91. The summed E-state index contributed by atoms with van der Waals surface area (Å²) >= 11 is 0. The largest absolute Gasteiger partial charge is 0.326 e. The molecule has 0 radical (unpaired) electrons. The second-order valence-corrected chi connectivity index (χ2v) is 6.04. The monoisotopic (exact) mass is 337 g/mol. The molecule has 0 spiro atoms. The molecule has 1 fully saturated rings. The minimum Gasteiger partial charge on any atom is -0.326 e. The van der Waals surface area contributed by atoms with Gasteiger partial charge in [0.25, 0.3) is 5.91 Å². The highest BCUT2D eigenvalue weighted by Crippen LogP contribution is 2.30. The number of urea groups is 1. The standard InChI is InChI=1S/C19H19N3O3/c1-13-7-5-6-10-15(13)20-16(23)11-12-19(14-8-3-2-4-9-14)17(24)21-18(25)22-19/h2-10H,11-12H2,1H3,(H,20,23)(H2,21,22,24,25). The van der Waals surface area contributed by atoms with E-state index in [1.54, 1.807) is 24.3 Å². The first-order valence-electron chi connectivity index (χ1n) is 8.06. The molecule has 6 heteroatoms. The van der Waals surface area contributed by atoms with Crippen molar-refractivity contribution in [2.75, 3.05) is 5.32 Å². The Morgan fingerprint density at radius 1 is 1.04 bits per heavy atom. The van der Waals surface area contributed by atoms with E-state index >= 15 is 0 Å². The SMILES string of the molecule is Cc1ccccc1NC(=O)CCC1(c2ccccc2)NC(=O)NC1=O. The smallest absolute Gasteiger partial charge is 0.322 e. The van der Waals surface area contributed by atoms with E-state index in [1.165, 1.54) is 0 Å². The van der Waals surface area contributed by atoms with Gasteiger partial charge in [0.2, 0.25) is 5.91 Å². The van der Waals surface area contributed by atoms with E-state index in [2.05, 4.69) is 16.0 Å². The molecule has 0 bridgehead atoms. The van der Waals surface area contributed by atoms with Crippen LogP contribution in [0.15, 0.2) is 54.6 Å². The average Bonchev–Trinajstić information content (AvgIpc) is 2.90. The molecule has 0 aromatic heterocycles. The molecular formula is C19H19N3O3. The number of aryl methyl sites for hydroxylation is 1. The zero-order chi connectivity index (χ0) is 17.9. The van der Waals surface area contributed by atoms with Gasteiger partial charge in [0.15, 0.2) is 0 Å². The maximum absolute atomic E-state index is 12.4. The molecule has 1 unspecified atom stereocenters. The number of anilines is 1. The van der Waals surface area contributed by atoms with Crippen LogP contribution in [0, 0.1) is 6.92 Å². The average molecular weight is 337 g/mol. The highest BCUT2D eigenvalue weighted by atomic mass is 16.2. The van der Waals surface area contributed by atoms with Crippen molar-refractivity contribution in [2.45, 2.75) is 25.3 Å². The lowest BCUT2D eigenvalue weighted by Crippen LogP contribution is -2.44. The van der Waals surface area contributed by atoms with Crippen molar-refractivity contribution in [3.05, 3.63) is 65.7 Å². The van der Waals surface area contributed by atoms with E-state index < -0.39 is 17.5 Å². The van der Waals surface area contributed by atoms with Crippen LogP contribution < -0.4 is 16.0 Å². The van der Waals surface area contributed by atoms with E-state index in [9.17, 15) is 14.4 Å². The third kappa shape index (κ3) is 3.38. The number of nitrogens with one attached hydrogen (secondary N) is 3. The van der Waals surface area contributed by atoms with Crippen LogP contribution in [0.3, 0.4) is 0 Å². The molecule has 0 aliphatic carbocycles. The lowest BCUT2D eigenvalue weighted by Gasteiger charge is -2.26. The van der Waals surface area contributed by atoms with Crippen molar-refractivity contribution >= 4 is 23.5 Å². The zero-order valence-electron chi connectivity index (χ0n) is 13.8. The highest BCUT2D eigenvalue weighted by molar-refractivity contribution is 6.07. The molecule has 3 N–H and O–H groups in total. The predicted octanol–water partition coefficient (Wildman–Crippen LogP) is 2.45. The summed E-state index contributed by atoms with van der Waals surface area (Å²) in [5, 5.41) is 7.80. The van der Waals surface area contributed by atoms with Crippen molar-refractivity contribution < 1.29 is 14.4 Å². The molecule has 1 atom stereocenters. The van der Waals surface area contributed by atoms with Crippen molar-refractivity contribution in [3.8, 4) is 0 Å². The summed E-state index contributed by atoms with van der Waals surface area (Å²) in [7, 11) is 0. The fraction of sp³-hybridized carbons (Fsp3) is 0.211. The van der Waals surface area contributed by atoms with Crippen LogP contribution in [0.2, 0.25) is 0 Å². The number of amides is 4. The summed E-state index contributed by atoms with van der Waals surface area (Å²) in [4.78, 5) is 36.4. The van der Waals surface area contributed by atoms with Gasteiger partial charge in [0.1, 0.15) is 5.54 Å². The van der Waals surface area contributed by atoms with E-state index in [4.69, 9.17) is 0 Å². The van der Waals surface area contributed by atoms with Gasteiger partial charge in [-0.05, 0) is 30.5 Å². The number of rotatable bonds is 5. The first-order valence-corrected chi connectivity index (χ1v) is 8.06. The van der Waals surface area contributed by atoms with Gasteiger partial charge in [0, 0.05) is 12.1 Å². The minimum atomic E-state index is -1.22. The van der Waals surface area contributed by atoms with E-state index in [-0.39, 0.29) is 18.7 Å². The molecule has 1 heterocycles. The summed E-state index contributed by atoms with van der Waals surface area (Å²) in [6.07, 6.45) is 0.267. The third-order valence-electron chi connectivity index (χ3n) is 4.35. The van der Waals surface area contributed by atoms with Gasteiger partial charge in [-0.3, -0.25) is 14.9 Å². The maximum Gasteiger partial charge on any atom is 0.322 e. The maximum atomic E-state index is 12.4. The Kier molecular flexibility index (Phi) is 4.52. The fourth-order valence-corrected chi connectivity index (χ4v) is 2.96. The number of carbonyl (C=O) groups excluding carboxylic acids is 3. The molecule has 1 aliphatic rings. The first-order chi connectivity index (χ1) is 12.0. The van der Waals surface area contributed by atoms with Gasteiger partial charge >= 0.3 is 6.03 Å². The number of hydrogen-bond donors (Lipinski definition) is 3. The van der Waals surface area contributed by atoms with Crippen LogP contribution in [-0.4, -0.2) is 17.8 Å². The normalized spacial score (nSPS) is 19.2. The molecule has 6 nitrogen and oxygen atoms in total. The Bertz CT molecular complexity index is 820.